The van der Waals surface area contributed by atoms with Gasteiger partial charge in [0, 0.05) is 49.9 Å². The molecule has 6 rings (SSSR count). The summed E-state index contributed by atoms with van der Waals surface area (Å²) in [6, 6.07) is 6.92. The van der Waals surface area contributed by atoms with Gasteiger partial charge in [-0.2, -0.15) is 0 Å². The van der Waals surface area contributed by atoms with E-state index in [-0.39, 0.29) is 5.69 Å². The molecule has 38 heavy (non-hydrogen) atoms. The van der Waals surface area contributed by atoms with Gasteiger partial charge in [0.1, 0.15) is 17.8 Å². The summed E-state index contributed by atoms with van der Waals surface area (Å²) in [4.78, 5) is 10.8. The first-order valence-electron chi connectivity index (χ1n) is 13.7. The third kappa shape index (κ3) is 4.71. The van der Waals surface area contributed by atoms with E-state index in [0.717, 1.165) is 79.5 Å². The van der Waals surface area contributed by atoms with E-state index < -0.39 is 11.6 Å². The van der Waals surface area contributed by atoms with Crippen molar-refractivity contribution in [2.75, 3.05) is 42.9 Å². The van der Waals surface area contributed by atoms with Crippen molar-refractivity contribution >= 4 is 22.5 Å². The molecule has 198 valence electrons. The number of aromatic nitrogens is 4. The van der Waals surface area contributed by atoms with Gasteiger partial charge in [0.15, 0.2) is 11.3 Å². The quantitative estimate of drug-likeness (QED) is 0.315. The summed E-state index contributed by atoms with van der Waals surface area (Å²) in [7, 11) is 0. The van der Waals surface area contributed by atoms with Crippen LogP contribution in [-0.2, 0) is 6.54 Å². The maximum absolute atomic E-state index is 15.9. The number of aryl methyl sites for hydroxylation is 1. The minimum absolute atomic E-state index is 0.0764. The van der Waals surface area contributed by atoms with E-state index in [2.05, 4.69) is 43.1 Å². The average molecular weight is 519 g/mol. The van der Waals surface area contributed by atoms with Crippen molar-refractivity contribution in [1.29, 1.82) is 0 Å². The lowest BCUT2D eigenvalue weighted by atomic mass is 10.1. The number of hydrogen-bond acceptors (Lipinski definition) is 5. The van der Waals surface area contributed by atoms with Gasteiger partial charge < -0.3 is 15.2 Å². The van der Waals surface area contributed by atoms with Gasteiger partial charge in [-0.05, 0) is 37.0 Å². The van der Waals surface area contributed by atoms with E-state index in [1.165, 1.54) is 31.3 Å². The van der Waals surface area contributed by atoms with Crippen LogP contribution in [0.1, 0.15) is 32.6 Å². The molecule has 7 nitrogen and oxygen atoms in total. The fourth-order valence-electron chi connectivity index (χ4n) is 5.48. The zero-order valence-corrected chi connectivity index (χ0v) is 21.8. The Morgan fingerprint density at radius 2 is 1.87 bits per heavy atom. The highest BCUT2D eigenvalue weighted by molar-refractivity contribution is 5.92. The highest BCUT2D eigenvalue weighted by Gasteiger charge is 2.29. The fourth-order valence-corrected chi connectivity index (χ4v) is 5.48. The van der Waals surface area contributed by atoms with Gasteiger partial charge in [-0.1, -0.05) is 19.8 Å². The van der Waals surface area contributed by atoms with Crippen LogP contribution in [0.2, 0.25) is 0 Å². The lowest BCUT2D eigenvalue weighted by Crippen LogP contribution is -2.50. The van der Waals surface area contributed by atoms with E-state index in [1.54, 1.807) is 17.0 Å². The molecule has 2 N–H and O–H groups in total. The van der Waals surface area contributed by atoms with Gasteiger partial charge in [0.25, 0.3) is 5.82 Å². The van der Waals surface area contributed by atoms with Crippen LogP contribution in [0.5, 0.6) is 0 Å². The molecule has 1 saturated heterocycles. The third-order valence-electron chi connectivity index (χ3n) is 7.58. The third-order valence-corrected chi connectivity index (χ3v) is 7.58. The number of rotatable bonds is 9. The van der Waals surface area contributed by atoms with Crippen molar-refractivity contribution in [3.8, 4) is 16.8 Å². The van der Waals surface area contributed by atoms with Gasteiger partial charge in [0.05, 0.1) is 36.4 Å². The van der Waals surface area contributed by atoms with Gasteiger partial charge in [0.2, 0.25) is 0 Å². The molecule has 4 heterocycles. The van der Waals surface area contributed by atoms with Crippen LogP contribution >= 0.6 is 0 Å². The molecule has 0 bridgehead atoms. The normalized spacial score (nSPS) is 15.8. The van der Waals surface area contributed by atoms with Crippen molar-refractivity contribution in [1.82, 2.24) is 19.9 Å². The van der Waals surface area contributed by atoms with Crippen LogP contribution < -0.4 is 20.1 Å². The standard InChI is InChI=1S/C29H34F2N7/c1-2-13-37-26(36-14-11-32-12-15-36)8-7-25-28(37)22(21-16-33-19-34-17-21)18-38(25)29-23(30)5-6-24(27(29)31)35-10-9-20-3-4-20/h5-8,16-20,32,35H,2-4,9-15H2,1H3/q+1. The molecule has 0 radical (unpaired) electrons. The highest BCUT2D eigenvalue weighted by atomic mass is 19.1. The molecule has 2 aliphatic rings. The number of piperazine rings is 1. The second-order valence-corrected chi connectivity index (χ2v) is 10.3. The Kier molecular flexibility index (Phi) is 6.93. The van der Waals surface area contributed by atoms with Crippen LogP contribution in [0.4, 0.5) is 20.3 Å². The van der Waals surface area contributed by atoms with E-state index in [1.807, 2.05) is 12.3 Å². The molecule has 1 aliphatic heterocycles. The SMILES string of the molecule is CCC[n+]1c(N2CCNCC2)ccc2c1c(-c1cncnc1)cn2-c1c(F)ccc(NCCC2CC2)c1F. The average Bonchev–Trinajstić information content (AvgIpc) is 3.70. The molecule has 1 aromatic carbocycles. The molecule has 0 spiro atoms. The number of hydrogen-bond donors (Lipinski definition) is 2. The van der Waals surface area contributed by atoms with Crippen molar-refractivity contribution in [2.45, 2.75) is 39.2 Å². The van der Waals surface area contributed by atoms with Crippen LogP contribution in [0, 0.1) is 17.6 Å². The minimum Gasteiger partial charge on any atom is -0.383 e. The second kappa shape index (κ2) is 10.6. The highest BCUT2D eigenvalue weighted by Crippen LogP contribution is 2.35. The van der Waals surface area contributed by atoms with Gasteiger partial charge in [-0.25, -0.2) is 23.3 Å². The molecule has 0 unspecified atom stereocenters. The molecule has 4 aromatic rings. The first-order valence-corrected chi connectivity index (χ1v) is 13.7. The Hall–Kier alpha value is -3.59. The topological polar surface area (TPSA) is 61.9 Å². The second-order valence-electron chi connectivity index (χ2n) is 10.3. The maximum atomic E-state index is 15.9. The van der Waals surface area contributed by atoms with Gasteiger partial charge in [-0.3, -0.25) is 4.90 Å². The Balaban J connectivity index is 1.54. The molecule has 2 fully saturated rings. The van der Waals surface area contributed by atoms with Gasteiger partial charge >= 0.3 is 0 Å². The molecular weight excluding hydrogens is 484 g/mol. The Morgan fingerprint density at radius 3 is 2.61 bits per heavy atom. The Bertz CT molecular complexity index is 1430. The van der Waals surface area contributed by atoms with Crippen molar-refractivity contribution in [3.05, 3.63) is 60.8 Å². The van der Waals surface area contributed by atoms with Crippen molar-refractivity contribution in [3.63, 3.8) is 0 Å². The number of benzene rings is 1. The lowest BCUT2D eigenvalue weighted by Gasteiger charge is -2.24. The van der Waals surface area contributed by atoms with E-state index >= 15 is 8.78 Å². The molecule has 0 atom stereocenters. The van der Waals surface area contributed by atoms with E-state index in [9.17, 15) is 0 Å². The number of pyridine rings is 1. The van der Waals surface area contributed by atoms with Gasteiger partial charge in [-0.15, -0.1) is 0 Å². The molecular formula is C29H34F2N7+. The van der Waals surface area contributed by atoms with E-state index in [4.69, 9.17) is 0 Å². The maximum Gasteiger partial charge on any atom is 0.277 e. The Morgan fingerprint density at radius 1 is 1.08 bits per heavy atom. The number of anilines is 2. The first kappa shape index (κ1) is 24.7. The summed E-state index contributed by atoms with van der Waals surface area (Å²) in [6.07, 6.45) is 11.2. The van der Waals surface area contributed by atoms with Crippen LogP contribution in [0.15, 0.2) is 49.2 Å². The smallest absolute Gasteiger partial charge is 0.277 e. The predicted molar refractivity (Wildman–Crippen MR) is 146 cm³/mol. The minimum atomic E-state index is -0.601. The number of nitrogens with one attached hydrogen (secondary N) is 2. The van der Waals surface area contributed by atoms with Crippen LogP contribution in [0.3, 0.4) is 0 Å². The summed E-state index contributed by atoms with van der Waals surface area (Å²) in [5, 5.41) is 6.62. The Labute approximate surface area is 221 Å². The van der Waals surface area contributed by atoms with E-state index in [0.29, 0.717) is 12.2 Å². The first-order chi connectivity index (χ1) is 18.7. The van der Waals surface area contributed by atoms with Crippen LogP contribution in [0.25, 0.3) is 27.8 Å². The summed E-state index contributed by atoms with van der Waals surface area (Å²) >= 11 is 0. The molecule has 1 aliphatic carbocycles. The molecule has 3 aromatic heterocycles. The number of fused-ring (bicyclic) bond motifs is 1. The fraction of sp³-hybridized carbons (Fsp3) is 0.414. The summed E-state index contributed by atoms with van der Waals surface area (Å²) in [5.41, 5.74) is 3.56. The molecule has 9 heteroatoms. The predicted octanol–water partition coefficient (Wildman–Crippen LogP) is 4.68. The number of nitrogens with zero attached hydrogens (tertiary/aromatic N) is 5. The van der Waals surface area contributed by atoms with Crippen LogP contribution in [-0.4, -0.2) is 47.3 Å². The monoisotopic (exact) mass is 518 g/mol. The van der Waals surface area contributed by atoms with Crippen molar-refractivity contribution in [2.24, 2.45) is 5.92 Å². The summed E-state index contributed by atoms with van der Waals surface area (Å²) in [5.74, 6) is 0.652. The molecule has 0 amide bonds. The number of halogens is 2. The molecule has 1 saturated carbocycles. The lowest BCUT2D eigenvalue weighted by molar-refractivity contribution is -0.658. The summed E-state index contributed by atoms with van der Waals surface area (Å²) < 4.78 is 35.3. The zero-order chi connectivity index (χ0) is 26.1. The van der Waals surface area contributed by atoms with Crippen molar-refractivity contribution < 1.29 is 13.3 Å². The zero-order valence-electron chi connectivity index (χ0n) is 21.8. The summed E-state index contributed by atoms with van der Waals surface area (Å²) in [6.45, 7) is 7.23. The largest absolute Gasteiger partial charge is 0.383 e.